The Morgan fingerprint density at radius 3 is 2.90 bits per heavy atom. The quantitative estimate of drug-likeness (QED) is 0.540. The minimum absolute atomic E-state index is 0.191. The highest BCUT2D eigenvalue weighted by atomic mass is 32.2. The first-order valence-corrected chi connectivity index (χ1v) is 11.1. The third kappa shape index (κ3) is 2.78. The first-order chi connectivity index (χ1) is 13.8. The molecule has 0 saturated carbocycles. The van der Waals surface area contributed by atoms with Crippen molar-refractivity contribution in [2.75, 3.05) is 12.8 Å². The van der Waals surface area contributed by atoms with E-state index < -0.39 is 10.0 Å². The molecule has 1 aliphatic heterocycles. The smallest absolute Gasteiger partial charge is 0.291 e. The van der Waals surface area contributed by atoms with Crippen LogP contribution < -0.4 is 5.56 Å². The molecule has 4 aromatic rings. The van der Waals surface area contributed by atoms with Gasteiger partial charge in [-0.25, -0.2) is 18.1 Å². The standard InChI is InChI=1S/C19H20N6O3S/c1-23-16-11-24(29(2,27)28)7-5-14(16)15-9-22-25(19(26)17(15)23)10-12-8-21-18-13(12)4-3-6-20-18/h3-4,6,8-9H,5,7,10-11H2,1-2H3,(H,20,21). The number of hydrogen-bond acceptors (Lipinski definition) is 5. The zero-order valence-electron chi connectivity index (χ0n) is 16.1. The maximum absolute atomic E-state index is 13.2. The van der Waals surface area contributed by atoms with Gasteiger partial charge in [-0.2, -0.15) is 9.40 Å². The van der Waals surface area contributed by atoms with Crippen LogP contribution in [-0.4, -0.2) is 49.8 Å². The molecule has 0 aromatic carbocycles. The van der Waals surface area contributed by atoms with Gasteiger partial charge in [-0.3, -0.25) is 4.79 Å². The number of aromatic nitrogens is 5. The summed E-state index contributed by atoms with van der Waals surface area (Å²) in [4.78, 5) is 20.6. The SMILES string of the molecule is Cn1c2c(c3cnn(Cc4c[nH]c5ncccc45)c(=O)c31)CCN(S(C)(=O)=O)C2. The predicted molar refractivity (Wildman–Crippen MR) is 109 cm³/mol. The lowest BCUT2D eigenvalue weighted by Gasteiger charge is -2.25. The number of sulfonamides is 1. The molecule has 0 unspecified atom stereocenters. The molecule has 0 radical (unpaired) electrons. The Balaban J connectivity index is 1.61. The Bertz CT molecular complexity index is 1430. The number of H-pyrrole nitrogens is 1. The van der Waals surface area contributed by atoms with Crippen LogP contribution in [-0.2, 0) is 36.6 Å². The van der Waals surface area contributed by atoms with Crippen LogP contribution in [0.2, 0.25) is 0 Å². The summed E-state index contributed by atoms with van der Waals surface area (Å²) in [5.74, 6) is 0. The summed E-state index contributed by atoms with van der Waals surface area (Å²) in [5, 5.41) is 6.16. The van der Waals surface area contributed by atoms with Crippen LogP contribution in [0, 0.1) is 0 Å². The molecule has 5 heterocycles. The van der Waals surface area contributed by atoms with E-state index in [4.69, 9.17) is 0 Å². The van der Waals surface area contributed by atoms with Crippen molar-refractivity contribution in [1.29, 1.82) is 0 Å². The first kappa shape index (κ1) is 18.1. The van der Waals surface area contributed by atoms with Crippen LogP contribution in [0.15, 0.2) is 35.5 Å². The van der Waals surface area contributed by atoms with E-state index in [-0.39, 0.29) is 12.1 Å². The molecule has 0 amide bonds. The van der Waals surface area contributed by atoms with Crippen molar-refractivity contribution in [1.82, 2.24) is 28.6 Å². The van der Waals surface area contributed by atoms with Gasteiger partial charge in [0.05, 0.1) is 25.5 Å². The minimum Gasteiger partial charge on any atom is -0.346 e. The van der Waals surface area contributed by atoms with Crippen molar-refractivity contribution in [2.45, 2.75) is 19.5 Å². The molecule has 4 aromatic heterocycles. The van der Waals surface area contributed by atoms with E-state index in [1.807, 2.05) is 29.9 Å². The number of nitrogens with one attached hydrogen (secondary N) is 1. The second kappa shape index (κ2) is 6.26. The average Bonchev–Trinajstić information content (AvgIpc) is 3.23. The van der Waals surface area contributed by atoms with Crippen molar-refractivity contribution in [3.8, 4) is 0 Å². The van der Waals surface area contributed by atoms with Crippen LogP contribution in [0.3, 0.4) is 0 Å². The molecule has 1 aliphatic rings. The summed E-state index contributed by atoms with van der Waals surface area (Å²) in [6.45, 7) is 1.01. The molecule has 0 atom stereocenters. The summed E-state index contributed by atoms with van der Waals surface area (Å²) in [7, 11) is -1.47. The van der Waals surface area contributed by atoms with E-state index in [9.17, 15) is 13.2 Å². The Labute approximate surface area is 166 Å². The lowest BCUT2D eigenvalue weighted by atomic mass is 10.1. The molecule has 0 aliphatic carbocycles. The van der Waals surface area contributed by atoms with Crippen molar-refractivity contribution in [3.05, 3.63) is 57.9 Å². The largest absolute Gasteiger partial charge is 0.346 e. The van der Waals surface area contributed by atoms with Crippen LogP contribution in [0.25, 0.3) is 21.9 Å². The number of rotatable bonds is 3. The summed E-state index contributed by atoms with van der Waals surface area (Å²) in [5.41, 5.74) is 3.93. The van der Waals surface area contributed by atoms with Crippen LogP contribution >= 0.6 is 0 Å². The van der Waals surface area contributed by atoms with E-state index >= 15 is 0 Å². The normalized spacial score (nSPS) is 15.2. The number of pyridine rings is 1. The second-order valence-electron chi connectivity index (χ2n) is 7.41. The van der Waals surface area contributed by atoms with Crippen molar-refractivity contribution in [2.24, 2.45) is 7.05 Å². The van der Waals surface area contributed by atoms with Crippen LogP contribution in [0.5, 0.6) is 0 Å². The van der Waals surface area contributed by atoms with Gasteiger partial charge in [-0.05, 0) is 24.1 Å². The zero-order chi connectivity index (χ0) is 20.3. The topological polar surface area (TPSA) is 106 Å². The maximum Gasteiger partial charge on any atom is 0.291 e. The van der Waals surface area contributed by atoms with Gasteiger partial charge in [0.2, 0.25) is 10.0 Å². The second-order valence-corrected chi connectivity index (χ2v) is 9.40. The monoisotopic (exact) mass is 412 g/mol. The zero-order valence-corrected chi connectivity index (χ0v) is 16.9. The van der Waals surface area contributed by atoms with Crippen LogP contribution in [0.4, 0.5) is 0 Å². The van der Waals surface area contributed by atoms with Gasteiger partial charge < -0.3 is 9.55 Å². The molecule has 29 heavy (non-hydrogen) atoms. The van der Waals surface area contributed by atoms with Gasteiger partial charge in [0.25, 0.3) is 5.56 Å². The Morgan fingerprint density at radius 1 is 1.28 bits per heavy atom. The number of fused-ring (bicyclic) bond motifs is 4. The van der Waals surface area contributed by atoms with Gasteiger partial charge in [-0.15, -0.1) is 0 Å². The van der Waals surface area contributed by atoms with Crippen LogP contribution in [0.1, 0.15) is 16.8 Å². The molecule has 1 N–H and O–H groups in total. The summed E-state index contributed by atoms with van der Waals surface area (Å²) in [6.07, 6.45) is 7.06. The Kier molecular flexibility index (Phi) is 3.90. The maximum atomic E-state index is 13.2. The van der Waals surface area contributed by atoms with E-state index in [0.29, 0.717) is 25.0 Å². The van der Waals surface area contributed by atoms with E-state index in [2.05, 4.69) is 15.1 Å². The molecule has 9 nitrogen and oxygen atoms in total. The third-order valence-electron chi connectivity index (χ3n) is 5.70. The Hall–Kier alpha value is -2.98. The van der Waals surface area contributed by atoms with E-state index in [0.717, 1.165) is 33.2 Å². The number of aromatic amines is 1. The molecule has 0 saturated heterocycles. The summed E-state index contributed by atoms with van der Waals surface area (Å²) >= 11 is 0. The number of hydrogen-bond donors (Lipinski definition) is 1. The average molecular weight is 412 g/mol. The molecule has 0 bridgehead atoms. The van der Waals surface area contributed by atoms with E-state index in [1.54, 1.807) is 12.4 Å². The van der Waals surface area contributed by atoms with Gasteiger partial charge >= 0.3 is 0 Å². The van der Waals surface area contributed by atoms with Crippen molar-refractivity contribution >= 4 is 32.0 Å². The fourth-order valence-corrected chi connectivity index (χ4v) is 4.96. The lowest BCUT2D eigenvalue weighted by Crippen LogP contribution is -2.35. The summed E-state index contributed by atoms with van der Waals surface area (Å²) in [6, 6.07) is 3.82. The first-order valence-electron chi connectivity index (χ1n) is 9.27. The molecule has 5 rings (SSSR count). The molecule has 150 valence electrons. The number of nitrogens with zero attached hydrogens (tertiary/aromatic N) is 5. The predicted octanol–water partition coefficient (Wildman–Crippen LogP) is 0.977. The van der Waals surface area contributed by atoms with Gasteiger partial charge in [-0.1, -0.05) is 0 Å². The fraction of sp³-hybridized carbons (Fsp3) is 0.316. The third-order valence-corrected chi connectivity index (χ3v) is 6.95. The molecular formula is C19H20N6O3S. The van der Waals surface area contributed by atoms with E-state index in [1.165, 1.54) is 15.2 Å². The molecular weight excluding hydrogens is 392 g/mol. The number of aryl methyl sites for hydroxylation is 1. The summed E-state index contributed by atoms with van der Waals surface area (Å²) < 4.78 is 28.6. The molecule has 0 fully saturated rings. The van der Waals surface area contributed by atoms with Crippen molar-refractivity contribution < 1.29 is 8.42 Å². The lowest BCUT2D eigenvalue weighted by molar-refractivity contribution is 0.386. The van der Waals surface area contributed by atoms with Gasteiger partial charge in [0, 0.05) is 48.0 Å². The van der Waals surface area contributed by atoms with Crippen molar-refractivity contribution in [3.63, 3.8) is 0 Å². The Morgan fingerprint density at radius 2 is 2.10 bits per heavy atom. The van der Waals surface area contributed by atoms with Gasteiger partial charge in [0.15, 0.2) is 0 Å². The minimum atomic E-state index is -3.28. The van der Waals surface area contributed by atoms with Gasteiger partial charge in [0.1, 0.15) is 11.2 Å². The highest BCUT2D eigenvalue weighted by Crippen LogP contribution is 2.29. The highest BCUT2D eigenvalue weighted by Gasteiger charge is 2.28. The fourth-order valence-electron chi connectivity index (χ4n) is 4.18. The molecule has 0 spiro atoms. The molecule has 10 heteroatoms. The highest BCUT2D eigenvalue weighted by molar-refractivity contribution is 7.88.